The van der Waals surface area contributed by atoms with Gasteiger partial charge < -0.3 is 13.4 Å². The van der Waals surface area contributed by atoms with Crippen LogP contribution in [0.1, 0.15) is 8.22 Å². The van der Waals surface area contributed by atoms with Crippen LogP contribution < -0.4 is 0 Å². The van der Waals surface area contributed by atoms with Gasteiger partial charge in [0, 0.05) is 60.1 Å². The van der Waals surface area contributed by atoms with Crippen LogP contribution in [0.3, 0.4) is 0 Å². The van der Waals surface area contributed by atoms with Gasteiger partial charge in [0.15, 0.2) is 17.5 Å². The van der Waals surface area contributed by atoms with Gasteiger partial charge >= 0.3 is 0 Å². The number of fused-ring (bicyclic) bond motifs is 9. The predicted molar refractivity (Wildman–Crippen MR) is 230 cm³/mol. The quantitative estimate of drug-likeness (QED) is 0.176. The first-order chi connectivity index (χ1) is 30.7. The molecule has 0 saturated heterocycles. The summed E-state index contributed by atoms with van der Waals surface area (Å²) in [7, 11) is 0. The Morgan fingerprint density at radius 1 is 0.404 bits per heavy atom. The third-order valence-corrected chi connectivity index (χ3v) is 10.6. The van der Waals surface area contributed by atoms with E-state index in [1.165, 1.54) is 12.1 Å². The van der Waals surface area contributed by atoms with Crippen molar-refractivity contribution in [3.8, 4) is 51.0 Å². The number of hydrogen-bond donors (Lipinski definition) is 0. The van der Waals surface area contributed by atoms with E-state index >= 15 is 0 Å². The van der Waals surface area contributed by atoms with Gasteiger partial charge in [-0.3, -0.25) is 0 Å². The van der Waals surface area contributed by atoms with E-state index in [2.05, 4.69) is 0 Å². The summed E-state index contributed by atoms with van der Waals surface area (Å²) in [6.07, 6.45) is 0. The van der Waals surface area contributed by atoms with Gasteiger partial charge in [-0.25, -0.2) is 15.0 Å². The van der Waals surface area contributed by atoms with Gasteiger partial charge in [0.05, 0.1) is 24.9 Å². The van der Waals surface area contributed by atoms with Gasteiger partial charge in [0.2, 0.25) is 0 Å². The third-order valence-electron chi connectivity index (χ3n) is 10.6. The highest BCUT2D eigenvalue weighted by Gasteiger charge is 2.25. The van der Waals surface area contributed by atoms with Gasteiger partial charge in [-0.15, -0.1) is 0 Å². The van der Waals surface area contributed by atoms with Crippen LogP contribution in [0.2, 0.25) is 0 Å². The van der Waals surface area contributed by atoms with Crippen LogP contribution in [-0.4, -0.2) is 19.5 Å². The molecule has 0 unspecified atom stereocenters. The lowest BCUT2D eigenvalue weighted by Crippen LogP contribution is -2.05. The van der Waals surface area contributed by atoms with Gasteiger partial charge in [-0.1, -0.05) is 145 Å². The summed E-state index contributed by atoms with van der Waals surface area (Å²) in [4.78, 5) is 15.6. The van der Waals surface area contributed by atoms with E-state index < -0.39 is 0 Å². The highest BCUT2D eigenvalue weighted by molar-refractivity contribution is 6.14. The van der Waals surface area contributed by atoms with Crippen LogP contribution in [0.15, 0.2) is 191 Å². The molecule has 0 bridgehead atoms. The minimum Gasteiger partial charge on any atom is -0.456 e. The SMILES string of the molecule is [2H]c1cc([2H])c2c(c1[2H])c1c([2H])c([2H])cc([2H])c1n2-c1c(-c2nc(-c3ccccc3)nc(-c3cccc4oc5ccccc5c34)n2)cccc1-c1cccc2c1oc1ccccc12. The second-order valence-corrected chi connectivity index (χ2v) is 13.8. The molecular formula is C51H30N4O2. The zero-order valence-corrected chi connectivity index (χ0v) is 30.0. The maximum absolute atomic E-state index is 9.43. The topological polar surface area (TPSA) is 69.9 Å². The molecule has 4 aromatic heterocycles. The highest BCUT2D eigenvalue weighted by atomic mass is 16.3. The first-order valence-electron chi connectivity index (χ1n) is 21.5. The van der Waals surface area contributed by atoms with Crippen molar-refractivity contribution in [2.24, 2.45) is 0 Å². The summed E-state index contributed by atoms with van der Waals surface area (Å²) < 4.78 is 69.3. The van der Waals surface area contributed by atoms with Gasteiger partial charge in [-0.05, 0) is 36.4 Å². The van der Waals surface area contributed by atoms with Crippen LogP contribution in [-0.2, 0) is 0 Å². The van der Waals surface area contributed by atoms with E-state index in [1.807, 2.05) is 133 Å². The zero-order chi connectivity index (χ0) is 42.7. The Balaban J connectivity index is 1.26. The second kappa shape index (κ2) is 12.3. The molecule has 0 saturated carbocycles. The van der Waals surface area contributed by atoms with Crippen molar-refractivity contribution in [1.82, 2.24) is 19.5 Å². The predicted octanol–water partition coefficient (Wildman–Crippen LogP) is 13.4. The molecule has 6 heteroatoms. The molecule has 0 atom stereocenters. The van der Waals surface area contributed by atoms with Crippen LogP contribution >= 0.6 is 0 Å². The Morgan fingerprint density at radius 2 is 0.965 bits per heavy atom. The third kappa shape index (κ3) is 4.81. The van der Waals surface area contributed by atoms with E-state index in [4.69, 9.17) is 26.5 Å². The average molecular weight is 737 g/mol. The van der Waals surface area contributed by atoms with E-state index in [0.29, 0.717) is 50.8 Å². The maximum atomic E-state index is 9.43. The molecule has 0 aliphatic heterocycles. The molecule has 12 rings (SSSR count). The number of nitrogens with zero attached hydrogens (tertiary/aromatic N) is 4. The Labute approximate surface area is 334 Å². The van der Waals surface area contributed by atoms with Gasteiger partial charge in [0.25, 0.3) is 0 Å². The fraction of sp³-hybridized carbons (Fsp3) is 0. The van der Waals surface area contributed by atoms with E-state index in [0.717, 1.165) is 38.3 Å². The smallest absolute Gasteiger partial charge is 0.166 e. The summed E-state index contributed by atoms with van der Waals surface area (Å²) in [5.41, 5.74) is 6.87. The van der Waals surface area contributed by atoms with Crippen molar-refractivity contribution >= 4 is 65.7 Å². The number of furan rings is 2. The van der Waals surface area contributed by atoms with E-state index in [1.54, 1.807) is 4.57 Å². The summed E-state index contributed by atoms with van der Waals surface area (Å²) in [5, 5.41) is 3.85. The summed E-state index contributed by atoms with van der Waals surface area (Å²) in [5.74, 6) is 1.06. The van der Waals surface area contributed by atoms with Crippen molar-refractivity contribution in [3.63, 3.8) is 0 Å². The lowest BCUT2D eigenvalue weighted by atomic mass is 9.97. The molecule has 12 aromatic rings. The minimum atomic E-state index is -0.212. The molecule has 57 heavy (non-hydrogen) atoms. The molecule has 0 amide bonds. The van der Waals surface area contributed by atoms with Crippen molar-refractivity contribution in [3.05, 3.63) is 182 Å². The normalized spacial score (nSPS) is 13.3. The Hall–Kier alpha value is -7.83. The van der Waals surface area contributed by atoms with E-state index in [-0.39, 0.29) is 63.9 Å². The molecule has 8 aromatic carbocycles. The van der Waals surface area contributed by atoms with Crippen LogP contribution in [0.25, 0.3) is 117 Å². The monoisotopic (exact) mass is 736 g/mol. The Kier molecular flexibility index (Phi) is 5.64. The molecule has 4 heterocycles. The van der Waals surface area contributed by atoms with E-state index in [9.17, 15) is 5.48 Å². The molecule has 0 radical (unpaired) electrons. The molecular weight excluding hydrogens is 701 g/mol. The number of aromatic nitrogens is 4. The molecule has 0 aliphatic rings. The summed E-state index contributed by atoms with van der Waals surface area (Å²) in [6, 6.07) is 44.3. The largest absolute Gasteiger partial charge is 0.456 e. The van der Waals surface area contributed by atoms with Crippen molar-refractivity contribution in [2.75, 3.05) is 0 Å². The summed E-state index contributed by atoms with van der Waals surface area (Å²) in [6.45, 7) is 0. The molecule has 0 aliphatic carbocycles. The van der Waals surface area contributed by atoms with Crippen molar-refractivity contribution in [1.29, 1.82) is 0 Å². The number of rotatable bonds is 5. The Bertz CT molecular complexity index is 3820. The van der Waals surface area contributed by atoms with Crippen LogP contribution in [0.5, 0.6) is 0 Å². The maximum Gasteiger partial charge on any atom is 0.166 e. The molecule has 0 spiro atoms. The van der Waals surface area contributed by atoms with Gasteiger partial charge in [0.1, 0.15) is 22.3 Å². The van der Waals surface area contributed by atoms with Crippen molar-refractivity contribution in [2.45, 2.75) is 0 Å². The first-order valence-corrected chi connectivity index (χ1v) is 18.5. The Morgan fingerprint density at radius 3 is 1.75 bits per heavy atom. The molecule has 6 nitrogen and oxygen atoms in total. The summed E-state index contributed by atoms with van der Waals surface area (Å²) >= 11 is 0. The lowest BCUT2D eigenvalue weighted by molar-refractivity contribution is 0.669. The van der Waals surface area contributed by atoms with Crippen LogP contribution in [0, 0.1) is 0 Å². The first kappa shape index (κ1) is 26.1. The van der Waals surface area contributed by atoms with Crippen molar-refractivity contribution < 1.29 is 17.1 Å². The number of para-hydroxylation sites is 6. The molecule has 0 fully saturated rings. The standard InChI is InChI=1S/C51H30N4O2/c1-2-15-31(16-3-1)49-52-50(39-24-14-30-45-46(39)38-20-7-11-29-44(38)56-45)54-51(53-49)40-25-12-21-35(37-23-13-22-36-34-19-6-10-28-43(34)57-48(36)37)47(40)55-41-26-8-4-17-32(41)33-18-5-9-27-42(33)55/h1-30H/i4D,5D,17D,18D,26D,27D. The zero-order valence-electron chi connectivity index (χ0n) is 36.0. The fourth-order valence-electron chi connectivity index (χ4n) is 8.17. The molecule has 0 N–H and O–H groups in total. The molecule has 266 valence electrons. The van der Waals surface area contributed by atoms with Gasteiger partial charge in [-0.2, -0.15) is 0 Å². The highest BCUT2D eigenvalue weighted by Crippen LogP contribution is 2.44. The lowest BCUT2D eigenvalue weighted by Gasteiger charge is -2.19. The second-order valence-electron chi connectivity index (χ2n) is 13.8. The minimum absolute atomic E-state index is 0.0879. The number of benzene rings is 8. The number of hydrogen-bond acceptors (Lipinski definition) is 5. The van der Waals surface area contributed by atoms with Crippen LogP contribution in [0.4, 0.5) is 0 Å². The average Bonchev–Trinajstić information content (AvgIpc) is 4.01. The fourth-order valence-corrected chi connectivity index (χ4v) is 8.17.